The lowest BCUT2D eigenvalue weighted by Gasteiger charge is -2.11. The van der Waals surface area contributed by atoms with E-state index in [9.17, 15) is 20.2 Å². The Morgan fingerprint density at radius 3 is 2.02 bits per heavy atom. The molecule has 0 N–H and O–H groups in total. The van der Waals surface area contributed by atoms with Crippen LogP contribution in [0.15, 0.2) is 131 Å². The Labute approximate surface area is 243 Å². The van der Waals surface area contributed by atoms with Crippen molar-refractivity contribution in [3.8, 4) is 0 Å². The van der Waals surface area contributed by atoms with E-state index < -0.39 is 9.85 Å². The van der Waals surface area contributed by atoms with Gasteiger partial charge in [-0.05, 0) is 43.2 Å². The van der Waals surface area contributed by atoms with Crippen molar-refractivity contribution >= 4 is 22.8 Å². The highest BCUT2D eigenvalue weighted by Gasteiger charge is 2.15. The molecular formula is C33H29N5O4. The number of nitro benzene ring substituents is 1. The first kappa shape index (κ1) is 29.4. The maximum absolute atomic E-state index is 11.3. The van der Waals surface area contributed by atoms with Crippen molar-refractivity contribution in [3.63, 3.8) is 0 Å². The summed E-state index contributed by atoms with van der Waals surface area (Å²) in [4.78, 5) is 36.3. The van der Waals surface area contributed by atoms with Crippen molar-refractivity contribution in [2.45, 2.75) is 20.3 Å². The van der Waals surface area contributed by atoms with Crippen LogP contribution in [0.4, 0.5) is 11.4 Å². The predicted octanol–water partition coefficient (Wildman–Crippen LogP) is 7.43. The largest absolute Gasteiger partial charge is 0.278 e. The molecule has 0 spiro atoms. The molecule has 0 radical (unpaired) electrons. The summed E-state index contributed by atoms with van der Waals surface area (Å²) < 4.78 is 0. The van der Waals surface area contributed by atoms with E-state index in [0.717, 1.165) is 11.1 Å². The van der Waals surface area contributed by atoms with E-state index in [4.69, 9.17) is 15.0 Å². The first-order valence-electron chi connectivity index (χ1n) is 13.3. The van der Waals surface area contributed by atoms with Crippen LogP contribution in [0.25, 0.3) is 0 Å². The molecule has 1 aromatic heterocycles. The zero-order chi connectivity index (χ0) is 29.9. The number of aliphatic imine (C=N–C) groups is 2. The molecule has 0 bridgehead atoms. The summed E-state index contributed by atoms with van der Waals surface area (Å²) in [6, 6.07) is 29.4. The van der Waals surface area contributed by atoms with E-state index in [-0.39, 0.29) is 17.9 Å². The van der Waals surface area contributed by atoms with Gasteiger partial charge in [-0.2, -0.15) is 0 Å². The predicted molar refractivity (Wildman–Crippen MR) is 165 cm³/mol. The summed E-state index contributed by atoms with van der Waals surface area (Å²) in [6.45, 7) is 3.84. The number of hydrogen-bond donors (Lipinski definition) is 0. The second-order valence-corrected chi connectivity index (χ2v) is 9.21. The highest BCUT2D eigenvalue weighted by atomic mass is 16.6. The number of hydrogen-bond acceptors (Lipinski definition) is 7. The maximum Gasteiger partial charge on any atom is 0.269 e. The molecule has 9 nitrogen and oxygen atoms in total. The number of benzene rings is 3. The lowest BCUT2D eigenvalue weighted by molar-refractivity contribution is -0.419. The van der Waals surface area contributed by atoms with Gasteiger partial charge in [0.2, 0.25) is 0 Å². The quantitative estimate of drug-likeness (QED) is 0.0818. The number of nitro groups is 2. The van der Waals surface area contributed by atoms with E-state index in [2.05, 4.69) is 0 Å². The summed E-state index contributed by atoms with van der Waals surface area (Å²) in [7, 11) is 0. The Morgan fingerprint density at radius 1 is 0.833 bits per heavy atom. The molecule has 0 aliphatic heterocycles. The molecule has 0 aliphatic carbocycles. The minimum Gasteiger partial charge on any atom is -0.278 e. The fourth-order valence-electron chi connectivity index (χ4n) is 4.21. The van der Waals surface area contributed by atoms with Crippen molar-refractivity contribution < 1.29 is 9.85 Å². The minimum absolute atomic E-state index is 0.00103. The summed E-state index contributed by atoms with van der Waals surface area (Å²) >= 11 is 0. The lowest BCUT2D eigenvalue weighted by Crippen LogP contribution is -2.12. The van der Waals surface area contributed by atoms with Crippen molar-refractivity contribution in [2.24, 2.45) is 9.98 Å². The number of rotatable bonds is 11. The molecule has 9 heteroatoms. The molecule has 0 amide bonds. The average Bonchev–Trinajstić information content (AvgIpc) is 3.00. The Hall–Kier alpha value is -5.57. The third kappa shape index (κ3) is 7.54. The van der Waals surface area contributed by atoms with Gasteiger partial charge in [-0.15, -0.1) is 0 Å². The molecule has 0 aliphatic rings. The third-order valence-electron chi connectivity index (χ3n) is 6.22. The van der Waals surface area contributed by atoms with E-state index in [1.165, 1.54) is 18.2 Å². The zero-order valence-corrected chi connectivity index (χ0v) is 23.3. The van der Waals surface area contributed by atoms with Crippen LogP contribution in [0.3, 0.4) is 0 Å². The van der Waals surface area contributed by atoms with Gasteiger partial charge in [0, 0.05) is 29.3 Å². The Morgan fingerprint density at radius 2 is 1.45 bits per heavy atom. The third-order valence-corrected chi connectivity index (χ3v) is 6.22. The van der Waals surface area contributed by atoms with Crippen molar-refractivity contribution in [1.29, 1.82) is 0 Å². The maximum atomic E-state index is 11.3. The fraction of sp³-hybridized carbons (Fsp3) is 0.121. The van der Waals surface area contributed by atoms with E-state index in [0.29, 0.717) is 40.5 Å². The van der Waals surface area contributed by atoms with Crippen LogP contribution in [0, 0.1) is 27.2 Å². The van der Waals surface area contributed by atoms with Crippen molar-refractivity contribution in [2.75, 3.05) is 6.54 Å². The molecule has 4 rings (SSSR count). The minimum atomic E-state index is -0.429. The normalized spacial score (nSPS) is 12.5. The molecule has 1 heterocycles. The number of aromatic nitrogens is 1. The van der Waals surface area contributed by atoms with Gasteiger partial charge in [0.15, 0.2) is 0 Å². The Kier molecular flexibility index (Phi) is 9.93. The second kappa shape index (κ2) is 14.2. The van der Waals surface area contributed by atoms with Crippen LogP contribution in [0.5, 0.6) is 0 Å². The molecule has 42 heavy (non-hydrogen) atoms. The number of aryl methyl sites for hydroxylation is 1. The number of pyridine rings is 1. The number of non-ortho nitro benzene ring substituents is 1. The summed E-state index contributed by atoms with van der Waals surface area (Å²) in [5.74, 6) is 0. The van der Waals surface area contributed by atoms with Crippen LogP contribution < -0.4 is 0 Å². The van der Waals surface area contributed by atoms with Crippen LogP contribution in [-0.2, 0) is 0 Å². The SMILES string of the molecule is CC/C=C(\C=C/CN=C(c1ccccc1)c1cccc(C(=Nc2ccc([N+](=O)[O-])cc2C)c2ccccc2)n1)[N+](=O)[O-]. The summed E-state index contributed by atoms with van der Waals surface area (Å²) in [6.07, 6.45) is 5.23. The van der Waals surface area contributed by atoms with Crippen LogP contribution in [0.1, 0.15) is 41.4 Å². The van der Waals surface area contributed by atoms with E-state index in [1.807, 2.05) is 85.8 Å². The smallest absolute Gasteiger partial charge is 0.269 e. The fourth-order valence-corrected chi connectivity index (χ4v) is 4.21. The van der Waals surface area contributed by atoms with Crippen LogP contribution >= 0.6 is 0 Å². The first-order valence-corrected chi connectivity index (χ1v) is 13.3. The Balaban J connectivity index is 1.79. The highest BCUT2D eigenvalue weighted by molar-refractivity contribution is 6.15. The molecule has 3 aromatic carbocycles. The number of allylic oxidation sites excluding steroid dienone is 2. The molecule has 0 saturated carbocycles. The van der Waals surface area contributed by atoms with Gasteiger partial charge in [0.05, 0.1) is 44.9 Å². The zero-order valence-electron chi connectivity index (χ0n) is 23.3. The van der Waals surface area contributed by atoms with Crippen molar-refractivity contribution in [1.82, 2.24) is 4.98 Å². The van der Waals surface area contributed by atoms with Gasteiger partial charge in [-0.3, -0.25) is 25.2 Å². The number of nitrogens with zero attached hydrogens (tertiary/aromatic N) is 5. The van der Waals surface area contributed by atoms with Crippen molar-refractivity contribution in [3.05, 3.63) is 169 Å². The first-order chi connectivity index (χ1) is 20.4. The molecule has 0 fully saturated rings. The monoisotopic (exact) mass is 559 g/mol. The lowest BCUT2D eigenvalue weighted by atomic mass is 10.0. The average molecular weight is 560 g/mol. The van der Waals surface area contributed by atoms with Gasteiger partial charge >= 0.3 is 0 Å². The molecular weight excluding hydrogens is 530 g/mol. The second-order valence-electron chi connectivity index (χ2n) is 9.21. The molecule has 0 unspecified atom stereocenters. The van der Waals surface area contributed by atoms with Gasteiger partial charge in [-0.25, -0.2) is 9.98 Å². The van der Waals surface area contributed by atoms with Gasteiger partial charge in [0.1, 0.15) is 0 Å². The van der Waals surface area contributed by atoms with E-state index in [1.54, 1.807) is 25.1 Å². The summed E-state index contributed by atoms with van der Waals surface area (Å²) in [5, 5.41) is 22.5. The topological polar surface area (TPSA) is 124 Å². The molecule has 210 valence electrons. The molecule has 0 saturated heterocycles. The highest BCUT2D eigenvalue weighted by Crippen LogP contribution is 2.26. The molecule has 4 aromatic rings. The molecule has 0 atom stereocenters. The Bertz CT molecular complexity index is 1690. The van der Waals surface area contributed by atoms with Gasteiger partial charge in [0.25, 0.3) is 11.4 Å². The van der Waals surface area contributed by atoms with E-state index >= 15 is 0 Å². The summed E-state index contributed by atoms with van der Waals surface area (Å²) in [5.41, 5.74) is 5.39. The van der Waals surface area contributed by atoms with Crippen LogP contribution in [-0.4, -0.2) is 32.8 Å². The van der Waals surface area contributed by atoms with Crippen LogP contribution in [0.2, 0.25) is 0 Å². The van der Waals surface area contributed by atoms with Gasteiger partial charge in [-0.1, -0.05) is 79.7 Å². The standard InChI is InChI=1S/C33H29N5O4/c1-3-12-27(37(39)40)17-11-22-34-32(25-13-6-4-7-14-25)30-18-10-19-31(35-30)33(26-15-8-5-9-16-26)36-29-21-20-28(38(41)42)23-24(29)2/h4-21,23H,3,22H2,1-2H3/b17-11-,27-12+,34-32?,36-33?. The van der Waals surface area contributed by atoms with Gasteiger partial charge < -0.3 is 0 Å².